The van der Waals surface area contributed by atoms with E-state index in [1.54, 1.807) is 11.9 Å². The molecule has 1 aliphatic heterocycles. The summed E-state index contributed by atoms with van der Waals surface area (Å²) >= 11 is 0. The van der Waals surface area contributed by atoms with Crippen LogP contribution in [0.5, 0.6) is 0 Å². The van der Waals surface area contributed by atoms with Gasteiger partial charge in [0.05, 0.1) is 0 Å². The average Bonchev–Trinajstić information content (AvgIpc) is 2.73. The molecule has 0 aromatic carbocycles. The van der Waals surface area contributed by atoms with Crippen molar-refractivity contribution >= 4 is 24.2 Å². The first-order chi connectivity index (χ1) is 7.20. The van der Waals surface area contributed by atoms with Gasteiger partial charge in [-0.1, -0.05) is 0 Å². The fourth-order valence-electron chi connectivity index (χ4n) is 1.88. The minimum absolute atomic E-state index is 0. The van der Waals surface area contributed by atoms with Gasteiger partial charge in [0.2, 0.25) is 11.8 Å². The summed E-state index contributed by atoms with van der Waals surface area (Å²) in [5, 5.41) is 5.53. The van der Waals surface area contributed by atoms with Crippen LogP contribution < -0.4 is 10.6 Å². The Kier molecular flexibility index (Phi) is 7.08. The highest BCUT2D eigenvalue weighted by Gasteiger charge is 2.32. The van der Waals surface area contributed by atoms with Gasteiger partial charge in [-0.3, -0.25) is 9.59 Å². The van der Waals surface area contributed by atoms with Crippen LogP contribution in [0.25, 0.3) is 0 Å². The van der Waals surface area contributed by atoms with Crippen LogP contribution >= 0.6 is 12.4 Å². The SMILES string of the molecule is CNCCC(=O)N1CCCC1C(=O)NC.Cl. The summed E-state index contributed by atoms with van der Waals surface area (Å²) in [4.78, 5) is 24.9. The second-order valence-electron chi connectivity index (χ2n) is 3.71. The molecule has 1 rings (SSSR count). The van der Waals surface area contributed by atoms with E-state index in [1.165, 1.54) is 0 Å². The van der Waals surface area contributed by atoms with Crippen molar-refractivity contribution in [2.75, 3.05) is 27.2 Å². The maximum Gasteiger partial charge on any atom is 0.242 e. The number of halogens is 1. The summed E-state index contributed by atoms with van der Waals surface area (Å²) in [5.41, 5.74) is 0. The molecule has 1 aliphatic rings. The van der Waals surface area contributed by atoms with Crippen molar-refractivity contribution in [1.29, 1.82) is 0 Å². The number of nitrogens with zero attached hydrogens (tertiary/aromatic N) is 1. The Morgan fingerprint density at radius 2 is 2.06 bits per heavy atom. The lowest BCUT2D eigenvalue weighted by atomic mass is 10.2. The highest BCUT2D eigenvalue weighted by atomic mass is 35.5. The van der Waals surface area contributed by atoms with E-state index in [4.69, 9.17) is 0 Å². The molecule has 0 aromatic heterocycles. The minimum Gasteiger partial charge on any atom is -0.357 e. The number of hydrogen-bond acceptors (Lipinski definition) is 3. The van der Waals surface area contributed by atoms with E-state index in [2.05, 4.69) is 10.6 Å². The zero-order valence-corrected chi connectivity index (χ0v) is 10.6. The summed E-state index contributed by atoms with van der Waals surface area (Å²) < 4.78 is 0. The maximum atomic E-state index is 11.7. The molecule has 5 nitrogen and oxygen atoms in total. The first-order valence-electron chi connectivity index (χ1n) is 5.36. The molecule has 6 heteroatoms. The van der Waals surface area contributed by atoms with Gasteiger partial charge in [-0.15, -0.1) is 12.4 Å². The Bertz CT molecular complexity index is 248. The number of carbonyl (C=O) groups excluding carboxylic acids is 2. The summed E-state index contributed by atoms with van der Waals surface area (Å²) in [6.45, 7) is 1.37. The third-order valence-electron chi connectivity index (χ3n) is 2.71. The van der Waals surface area contributed by atoms with Crippen molar-refractivity contribution in [2.45, 2.75) is 25.3 Å². The molecule has 0 aromatic rings. The maximum absolute atomic E-state index is 11.7. The van der Waals surface area contributed by atoms with Crippen molar-refractivity contribution in [1.82, 2.24) is 15.5 Å². The molecule has 1 saturated heterocycles. The third-order valence-corrected chi connectivity index (χ3v) is 2.71. The highest BCUT2D eigenvalue weighted by Crippen LogP contribution is 2.18. The van der Waals surface area contributed by atoms with Crippen molar-refractivity contribution in [2.24, 2.45) is 0 Å². The standard InChI is InChI=1S/C10H19N3O2.ClH/c1-11-6-5-9(14)13-7-3-4-8(13)10(15)12-2;/h8,11H,3-7H2,1-2H3,(H,12,15);1H. The van der Waals surface area contributed by atoms with Crippen LogP contribution in [-0.2, 0) is 9.59 Å². The average molecular weight is 250 g/mol. The predicted octanol–water partition coefficient (Wildman–Crippen LogP) is -0.245. The second kappa shape index (κ2) is 7.46. The van der Waals surface area contributed by atoms with E-state index < -0.39 is 0 Å². The number of amides is 2. The lowest BCUT2D eigenvalue weighted by Crippen LogP contribution is -2.45. The first-order valence-corrected chi connectivity index (χ1v) is 5.36. The number of nitrogens with one attached hydrogen (secondary N) is 2. The number of hydrogen-bond donors (Lipinski definition) is 2. The van der Waals surface area contributed by atoms with E-state index in [-0.39, 0.29) is 30.3 Å². The van der Waals surface area contributed by atoms with E-state index >= 15 is 0 Å². The summed E-state index contributed by atoms with van der Waals surface area (Å²) in [5.74, 6) is 0.0146. The Morgan fingerprint density at radius 1 is 1.38 bits per heavy atom. The minimum atomic E-state index is -0.251. The molecular formula is C10H20ClN3O2. The number of carbonyl (C=O) groups is 2. The highest BCUT2D eigenvalue weighted by molar-refractivity contribution is 5.88. The molecule has 94 valence electrons. The lowest BCUT2D eigenvalue weighted by Gasteiger charge is -2.23. The molecule has 0 aliphatic carbocycles. The third kappa shape index (κ3) is 3.64. The molecule has 2 N–H and O–H groups in total. The first kappa shape index (κ1) is 15.2. The van der Waals surface area contributed by atoms with E-state index in [0.29, 0.717) is 19.5 Å². The Labute approximate surface area is 102 Å². The van der Waals surface area contributed by atoms with Gasteiger partial charge in [-0.05, 0) is 19.9 Å². The number of likely N-dealkylation sites (N-methyl/N-ethyl adjacent to an activating group) is 1. The quantitative estimate of drug-likeness (QED) is 0.723. The zero-order valence-electron chi connectivity index (χ0n) is 9.78. The van der Waals surface area contributed by atoms with Gasteiger partial charge in [0.1, 0.15) is 6.04 Å². The molecule has 0 radical (unpaired) electrons. The van der Waals surface area contributed by atoms with Gasteiger partial charge in [0.25, 0.3) is 0 Å². The molecule has 1 fully saturated rings. The van der Waals surface area contributed by atoms with E-state index in [1.807, 2.05) is 7.05 Å². The summed E-state index contributed by atoms with van der Waals surface area (Å²) in [6.07, 6.45) is 2.17. The van der Waals surface area contributed by atoms with Gasteiger partial charge < -0.3 is 15.5 Å². The fourth-order valence-corrected chi connectivity index (χ4v) is 1.88. The second-order valence-corrected chi connectivity index (χ2v) is 3.71. The largest absolute Gasteiger partial charge is 0.357 e. The van der Waals surface area contributed by atoms with Gasteiger partial charge >= 0.3 is 0 Å². The molecule has 1 heterocycles. The zero-order chi connectivity index (χ0) is 11.3. The van der Waals surface area contributed by atoms with E-state index in [9.17, 15) is 9.59 Å². The van der Waals surface area contributed by atoms with Crippen LogP contribution in [0, 0.1) is 0 Å². The molecule has 0 spiro atoms. The van der Waals surface area contributed by atoms with Gasteiger partial charge in [0.15, 0.2) is 0 Å². The van der Waals surface area contributed by atoms with Gasteiger partial charge in [0, 0.05) is 26.6 Å². The van der Waals surface area contributed by atoms with Crippen molar-refractivity contribution in [3.63, 3.8) is 0 Å². The van der Waals surface area contributed by atoms with Crippen molar-refractivity contribution in [3.05, 3.63) is 0 Å². The smallest absolute Gasteiger partial charge is 0.242 e. The Hall–Kier alpha value is -0.810. The normalized spacial score (nSPS) is 19.1. The molecule has 2 amide bonds. The monoisotopic (exact) mass is 249 g/mol. The Balaban J connectivity index is 0.00000225. The molecule has 1 atom stereocenters. The molecule has 1 unspecified atom stereocenters. The van der Waals surface area contributed by atoms with Crippen LogP contribution in [0.15, 0.2) is 0 Å². The van der Waals surface area contributed by atoms with Crippen molar-refractivity contribution in [3.8, 4) is 0 Å². The van der Waals surface area contributed by atoms with Gasteiger partial charge in [-0.25, -0.2) is 0 Å². The van der Waals surface area contributed by atoms with E-state index in [0.717, 1.165) is 12.8 Å². The Morgan fingerprint density at radius 3 is 2.62 bits per heavy atom. The predicted molar refractivity (Wildman–Crippen MR) is 64.6 cm³/mol. The van der Waals surface area contributed by atoms with Crippen molar-refractivity contribution < 1.29 is 9.59 Å². The topological polar surface area (TPSA) is 61.4 Å². The summed E-state index contributed by atoms with van der Waals surface area (Å²) in [7, 11) is 3.42. The number of likely N-dealkylation sites (tertiary alicyclic amines) is 1. The van der Waals surface area contributed by atoms with Gasteiger partial charge in [-0.2, -0.15) is 0 Å². The van der Waals surface area contributed by atoms with Crippen LogP contribution in [0.2, 0.25) is 0 Å². The fraction of sp³-hybridized carbons (Fsp3) is 0.800. The molecule has 0 saturated carbocycles. The molecular weight excluding hydrogens is 230 g/mol. The summed E-state index contributed by atoms with van der Waals surface area (Å²) in [6, 6.07) is -0.251. The number of rotatable bonds is 4. The lowest BCUT2D eigenvalue weighted by molar-refractivity contribution is -0.138. The molecule has 0 bridgehead atoms. The molecule has 16 heavy (non-hydrogen) atoms. The van der Waals surface area contributed by atoms with Crippen LogP contribution in [0.1, 0.15) is 19.3 Å². The van der Waals surface area contributed by atoms with Crippen LogP contribution in [0.3, 0.4) is 0 Å². The van der Waals surface area contributed by atoms with Crippen LogP contribution in [-0.4, -0.2) is 49.9 Å². The van der Waals surface area contributed by atoms with Crippen LogP contribution in [0.4, 0.5) is 0 Å².